The molecular weight excluding hydrogens is 298 g/mol. The van der Waals surface area contributed by atoms with Crippen molar-refractivity contribution in [1.82, 2.24) is 15.5 Å². The highest BCUT2D eigenvalue weighted by Crippen LogP contribution is 2.21. The van der Waals surface area contributed by atoms with Gasteiger partial charge in [-0.3, -0.25) is 4.79 Å². The van der Waals surface area contributed by atoms with Gasteiger partial charge in [-0.05, 0) is 47.1 Å². The zero-order valence-corrected chi connectivity index (χ0v) is 14.1. The van der Waals surface area contributed by atoms with Crippen LogP contribution < -0.4 is 10.6 Å². The molecule has 2 N–H and O–H groups in total. The molecule has 1 unspecified atom stereocenters. The van der Waals surface area contributed by atoms with Gasteiger partial charge < -0.3 is 15.5 Å². The maximum absolute atomic E-state index is 12.2. The minimum Gasteiger partial charge on any atom is -0.359 e. The maximum Gasteiger partial charge on any atom is 0.317 e. The van der Waals surface area contributed by atoms with E-state index in [9.17, 15) is 9.59 Å². The van der Waals surface area contributed by atoms with Gasteiger partial charge in [0.25, 0.3) is 0 Å². The van der Waals surface area contributed by atoms with Gasteiger partial charge in [-0.25, -0.2) is 4.79 Å². The Morgan fingerprint density at radius 2 is 2.14 bits per heavy atom. The number of nitrogens with zero attached hydrogens (tertiary/aromatic N) is 1. The Morgan fingerprint density at radius 3 is 2.73 bits per heavy atom. The van der Waals surface area contributed by atoms with Crippen LogP contribution in [0, 0.1) is 5.92 Å². The summed E-state index contributed by atoms with van der Waals surface area (Å²) in [5.41, 5.74) is 1.27. The molecule has 3 amide bonds. The molecule has 1 aliphatic heterocycles. The number of thiophene rings is 1. The molecule has 6 heteroatoms. The predicted octanol–water partition coefficient (Wildman–Crippen LogP) is 2.41. The van der Waals surface area contributed by atoms with Crippen LogP contribution in [-0.2, 0) is 4.79 Å². The van der Waals surface area contributed by atoms with E-state index in [-0.39, 0.29) is 11.9 Å². The molecule has 1 aromatic rings. The summed E-state index contributed by atoms with van der Waals surface area (Å²) in [5.74, 6) is 0.821. The van der Waals surface area contributed by atoms with Gasteiger partial charge in [0.2, 0.25) is 5.91 Å². The molecule has 5 nitrogen and oxygen atoms in total. The Morgan fingerprint density at radius 1 is 1.41 bits per heavy atom. The van der Waals surface area contributed by atoms with E-state index in [1.165, 1.54) is 5.56 Å². The van der Waals surface area contributed by atoms with Crippen molar-refractivity contribution < 1.29 is 9.59 Å². The number of nitrogens with one attached hydrogen (secondary N) is 2. The number of likely N-dealkylation sites (tertiary alicyclic amines) is 1. The van der Waals surface area contributed by atoms with Gasteiger partial charge in [0.1, 0.15) is 0 Å². The molecule has 0 aliphatic carbocycles. The molecule has 2 rings (SSSR count). The summed E-state index contributed by atoms with van der Waals surface area (Å²) >= 11 is 1.68. The van der Waals surface area contributed by atoms with Crippen LogP contribution in [-0.4, -0.2) is 43.5 Å². The molecule has 122 valence electrons. The maximum atomic E-state index is 12.2. The standard InChI is InChI=1S/C16H25N3O2S/c1-12(14-5-8-22-11-14)10-18-16(21)19-6-3-13(4-7-19)9-15(20)17-2/h5,8,11-13H,3-4,6-7,9-10H2,1-2H3,(H,17,20)(H,18,21). The third kappa shape index (κ3) is 4.73. The number of hydrogen-bond acceptors (Lipinski definition) is 3. The average molecular weight is 323 g/mol. The summed E-state index contributed by atoms with van der Waals surface area (Å²) in [4.78, 5) is 25.4. The van der Waals surface area contributed by atoms with E-state index in [2.05, 4.69) is 34.4 Å². The van der Waals surface area contributed by atoms with Crippen LogP contribution in [0.15, 0.2) is 16.8 Å². The Hall–Kier alpha value is -1.56. The minimum absolute atomic E-state index is 0.0143. The summed E-state index contributed by atoms with van der Waals surface area (Å²) in [6.07, 6.45) is 2.38. The van der Waals surface area contributed by atoms with Crippen LogP contribution in [0.25, 0.3) is 0 Å². The summed E-state index contributed by atoms with van der Waals surface area (Å²) in [6.45, 7) is 4.26. The first-order valence-corrected chi connectivity index (χ1v) is 8.80. The van der Waals surface area contributed by atoms with E-state index in [0.29, 0.717) is 24.8 Å². The van der Waals surface area contributed by atoms with E-state index in [1.54, 1.807) is 18.4 Å². The summed E-state index contributed by atoms with van der Waals surface area (Å²) in [6, 6.07) is 2.12. The van der Waals surface area contributed by atoms with Crippen LogP contribution in [0.4, 0.5) is 4.79 Å². The number of urea groups is 1. The summed E-state index contributed by atoms with van der Waals surface area (Å²) in [5, 5.41) is 9.87. The van der Waals surface area contributed by atoms with Gasteiger partial charge in [-0.1, -0.05) is 6.92 Å². The minimum atomic E-state index is 0.0143. The molecule has 1 fully saturated rings. The molecule has 1 atom stereocenters. The third-order valence-corrected chi connectivity index (χ3v) is 5.03. The van der Waals surface area contributed by atoms with Crippen LogP contribution in [0.5, 0.6) is 0 Å². The van der Waals surface area contributed by atoms with E-state index in [1.807, 2.05) is 4.90 Å². The van der Waals surface area contributed by atoms with Crippen molar-refractivity contribution in [1.29, 1.82) is 0 Å². The van der Waals surface area contributed by atoms with Gasteiger partial charge in [0.05, 0.1) is 0 Å². The Kier molecular flexibility index (Phi) is 6.24. The molecule has 0 bridgehead atoms. The lowest BCUT2D eigenvalue weighted by Crippen LogP contribution is -2.45. The fraction of sp³-hybridized carbons (Fsp3) is 0.625. The molecule has 1 aliphatic rings. The number of amides is 3. The highest BCUT2D eigenvalue weighted by molar-refractivity contribution is 7.07. The molecule has 0 aromatic carbocycles. The lowest BCUT2D eigenvalue weighted by Gasteiger charge is -2.32. The first kappa shape index (κ1) is 16.8. The first-order chi connectivity index (χ1) is 10.6. The van der Waals surface area contributed by atoms with Crippen molar-refractivity contribution in [2.75, 3.05) is 26.7 Å². The fourth-order valence-electron chi connectivity index (χ4n) is 2.73. The zero-order chi connectivity index (χ0) is 15.9. The highest BCUT2D eigenvalue weighted by Gasteiger charge is 2.24. The number of rotatable bonds is 5. The summed E-state index contributed by atoms with van der Waals surface area (Å²) in [7, 11) is 1.67. The van der Waals surface area contributed by atoms with Gasteiger partial charge in [-0.15, -0.1) is 0 Å². The normalized spacial score (nSPS) is 17.1. The van der Waals surface area contributed by atoms with Crippen LogP contribution in [0.3, 0.4) is 0 Å². The highest BCUT2D eigenvalue weighted by atomic mass is 32.1. The van der Waals surface area contributed by atoms with E-state index < -0.39 is 0 Å². The van der Waals surface area contributed by atoms with E-state index in [0.717, 1.165) is 25.9 Å². The van der Waals surface area contributed by atoms with Crippen molar-refractivity contribution in [2.24, 2.45) is 5.92 Å². The monoisotopic (exact) mass is 323 g/mol. The van der Waals surface area contributed by atoms with Crippen molar-refractivity contribution >= 4 is 23.3 Å². The van der Waals surface area contributed by atoms with E-state index in [4.69, 9.17) is 0 Å². The van der Waals surface area contributed by atoms with E-state index >= 15 is 0 Å². The van der Waals surface area contributed by atoms with Crippen LogP contribution in [0.2, 0.25) is 0 Å². The quantitative estimate of drug-likeness (QED) is 0.874. The average Bonchev–Trinajstić information content (AvgIpc) is 3.07. The number of carbonyl (C=O) groups is 2. The van der Waals surface area contributed by atoms with Crippen LogP contribution >= 0.6 is 11.3 Å². The Labute approximate surface area is 136 Å². The van der Waals surface area contributed by atoms with Crippen molar-refractivity contribution in [3.05, 3.63) is 22.4 Å². The van der Waals surface area contributed by atoms with Gasteiger partial charge in [0, 0.05) is 33.1 Å². The number of hydrogen-bond donors (Lipinski definition) is 2. The summed E-state index contributed by atoms with van der Waals surface area (Å²) < 4.78 is 0. The molecule has 0 saturated carbocycles. The SMILES string of the molecule is CNC(=O)CC1CCN(C(=O)NCC(C)c2ccsc2)CC1. The predicted molar refractivity (Wildman–Crippen MR) is 89.1 cm³/mol. The van der Waals surface area contributed by atoms with Gasteiger partial charge >= 0.3 is 6.03 Å². The molecule has 1 aromatic heterocycles. The molecule has 0 radical (unpaired) electrons. The second-order valence-electron chi connectivity index (χ2n) is 5.95. The molecular formula is C16H25N3O2S. The van der Waals surface area contributed by atoms with Gasteiger partial charge in [-0.2, -0.15) is 11.3 Å². The molecule has 1 saturated heterocycles. The van der Waals surface area contributed by atoms with Gasteiger partial charge in [0.15, 0.2) is 0 Å². The topological polar surface area (TPSA) is 61.4 Å². The molecule has 2 heterocycles. The smallest absolute Gasteiger partial charge is 0.317 e. The third-order valence-electron chi connectivity index (χ3n) is 4.33. The van der Waals surface area contributed by atoms with Crippen molar-refractivity contribution in [3.63, 3.8) is 0 Å². The number of carbonyl (C=O) groups excluding carboxylic acids is 2. The Balaban J connectivity index is 1.70. The second kappa shape index (κ2) is 8.17. The first-order valence-electron chi connectivity index (χ1n) is 7.85. The second-order valence-corrected chi connectivity index (χ2v) is 6.73. The number of piperidine rings is 1. The molecule has 22 heavy (non-hydrogen) atoms. The van der Waals surface area contributed by atoms with Crippen molar-refractivity contribution in [3.8, 4) is 0 Å². The van der Waals surface area contributed by atoms with Crippen LogP contribution in [0.1, 0.15) is 37.7 Å². The Bertz CT molecular complexity index is 482. The zero-order valence-electron chi connectivity index (χ0n) is 13.3. The lowest BCUT2D eigenvalue weighted by atomic mass is 9.93. The fourth-order valence-corrected chi connectivity index (χ4v) is 3.51. The molecule has 0 spiro atoms. The van der Waals surface area contributed by atoms with Crippen molar-refractivity contribution in [2.45, 2.75) is 32.1 Å². The lowest BCUT2D eigenvalue weighted by molar-refractivity contribution is -0.121. The largest absolute Gasteiger partial charge is 0.359 e.